The zero-order valence-electron chi connectivity index (χ0n) is 14.8. The van der Waals surface area contributed by atoms with Crippen LogP contribution in [0.25, 0.3) is 0 Å². The average molecular weight is 345 g/mol. The largest absolute Gasteiger partial charge is 0.357 e. The molecule has 1 heterocycles. The molecule has 2 rings (SSSR count). The molecule has 0 aromatic carbocycles. The highest BCUT2D eigenvalue weighted by Gasteiger charge is 2.43. The molecule has 1 aliphatic heterocycles. The predicted octanol–water partition coefficient (Wildman–Crippen LogP) is 1.50. The van der Waals surface area contributed by atoms with E-state index in [9.17, 15) is 8.42 Å². The van der Waals surface area contributed by atoms with Gasteiger partial charge in [0.2, 0.25) is 10.0 Å². The molecule has 2 aliphatic rings. The summed E-state index contributed by atoms with van der Waals surface area (Å²) in [6.07, 6.45) is 7.42. The highest BCUT2D eigenvalue weighted by Crippen LogP contribution is 2.47. The Hall–Kier alpha value is -0.820. The predicted molar refractivity (Wildman–Crippen MR) is 95.2 cm³/mol. The van der Waals surface area contributed by atoms with Gasteiger partial charge in [0, 0.05) is 39.3 Å². The number of likely N-dealkylation sites (tertiary alicyclic amines) is 1. The molecule has 0 amide bonds. The molecular weight excluding hydrogens is 312 g/mol. The molecule has 1 spiro atoms. The highest BCUT2D eigenvalue weighted by atomic mass is 32.2. The number of aliphatic imine (C=N–C) groups is 1. The molecule has 6 nitrogen and oxygen atoms in total. The van der Waals surface area contributed by atoms with Gasteiger partial charge in [-0.2, -0.15) is 0 Å². The fourth-order valence-corrected chi connectivity index (χ4v) is 4.55. The Labute approximate surface area is 141 Å². The minimum atomic E-state index is -3.09. The van der Waals surface area contributed by atoms with Gasteiger partial charge in [-0.1, -0.05) is 13.3 Å². The van der Waals surface area contributed by atoms with E-state index in [1.807, 2.05) is 6.92 Å². The first-order valence-corrected chi connectivity index (χ1v) is 10.7. The molecular formula is C16H32N4O2S. The van der Waals surface area contributed by atoms with Gasteiger partial charge in [0.1, 0.15) is 0 Å². The van der Waals surface area contributed by atoms with Gasteiger partial charge in [-0.25, -0.2) is 12.7 Å². The third-order valence-corrected chi connectivity index (χ3v) is 6.51. The minimum Gasteiger partial charge on any atom is -0.357 e. The van der Waals surface area contributed by atoms with Gasteiger partial charge in [0.15, 0.2) is 5.96 Å². The molecule has 0 unspecified atom stereocenters. The van der Waals surface area contributed by atoms with Crippen LogP contribution in [-0.4, -0.2) is 69.1 Å². The van der Waals surface area contributed by atoms with E-state index in [1.54, 1.807) is 0 Å². The lowest BCUT2D eigenvalue weighted by molar-refractivity contribution is 0.151. The van der Waals surface area contributed by atoms with Crippen molar-refractivity contribution in [3.05, 3.63) is 0 Å². The van der Waals surface area contributed by atoms with Crippen molar-refractivity contribution in [1.29, 1.82) is 0 Å². The monoisotopic (exact) mass is 344 g/mol. The number of hydrogen-bond acceptors (Lipinski definition) is 3. The number of sulfonamides is 1. The van der Waals surface area contributed by atoms with Crippen molar-refractivity contribution in [2.24, 2.45) is 10.4 Å². The number of nitrogens with zero attached hydrogens (tertiary/aromatic N) is 3. The Morgan fingerprint density at radius 3 is 2.52 bits per heavy atom. The summed E-state index contributed by atoms with van der Waals surface area (Å²) in [6, 6.07) is 0. The number of guanidine groups is 1. The lowest BCUT2D eigenvalue weighted by Crippen LogP contribution is -2.42. The second kappa shape index (κ2) is 7.83. The van der Waals surface area contributed by atoms with Crippen molar-refractivity contribution in [3.63, 3.8) is 0 Å². The summed E-state index contributed by atoms with van der Waals surface area (Å²) < 4.78 is 24.7. The topological polar surface area (TPSA) is 65.0 Å². The van der Waals surface area contributed by atoms with E-state index >= 15 is 0 Å². The highest BCUT2D eigenvalue weighted by molar-refractivity contribution is 7.88. The van der Waals surface area contributed by atoms with Crippen LogP contribution in [0.2, 0.25) is 0 Å². The number of rotatable bonds is 7. The van der Waals surface area contributed by atoms with Crippen LogP contribution >= 0.6 is 0 Å². The molecule has 134 valence electrons. The van der Waals surface area contributed by atoms with Crippen LogP contribution in [0.1, 0.15) is 46.0 Å². The lowest BCUT2D eigenvalue weighted by atomic mass is 9.68. The van der Waals surface area contributed by atoms with Gasteiger partial charge in [-0.3, -0.25) is 4.99 Å². The summed E-state index contributed by atoms with van der Waals surface area (Å²) in [5, 5.41) is 3.39. The van der Waals surface area contributed by atoms with Gasteiger partial charge < -0.3 is 10.2 Å². The first-order valence-electron chi connectivity index (χ1n) is 8.88. The van der Waals surface area contributed by atoms with Crippen LogP contribution in [0.15, 0.2) is 4.99 Å². The van der Waals surface area contributed by atoms with E-state index in [-0.39, 0.29) is 0 Å². The van der Waals surface area contributed by atoms with Crippen molar-refractivity contribution in [2.45, 2.75) is 46.0 Å². The number of nitrogens with one attached hydrogen (secondary N) is 1. The average Bonchev–Trinajstić information content (AvgIpc) is 2.90. The van der Waals surface area contributed by atoms with Crippen LogP contribution in [-0.2, 0) is 10.0 Å². The van der Waals surface area contributed by atoms with Crippen molar-refractivity contribution in [2.75, 3.05) is 45.5 Å². The maximum Gasteiger partial charge on any atom is 0.211 e. The second-order valence-corrected chi connectivity index (χ2v) is 8.85. The molecule has 7 heteroatoms. The summed E-state index contributed by atoms with van der Waals surface area (Å²) >= 11 is 0. The van der Waals surface area contributed by atoms with Crippen molar-refractivity contribution >= 4 is 16.0 Å². The molecule has 1 saturated heterocycles. The smallest absolute Gasteiger partial charge is 0.211 e. The minimum absolute atomic E-state index is 0.525. The molecule has 2 fully saturated rings. The SMILES string of the molecule is CCNC(=NCCCN(CC)S(C)(=O)=O)N1CCC2(CCC2)C1. The molecule has 0 bridgehead atoms. The third-order valence-electron chi connectivity index (χ3n) is 5.14. The molecule has 1 N–H and O–H groups in total. The molecule has 0 radical (unpaired) electrons. The lowest BCUT2D eigenvalue weighted by Gasteiger charge is -2.38. The molecule has 0 aromatic rings. The first-order chi connectivity index (χ1) is 10.9. The maximum absolute atomic E-state index is 11.6. The Kier molecular flexibility index (Phi) is 6.31. The van der Waals surface area contributed by atoms with Gasteiger partial charge >= 0.3 is 0 Å². The summed E-state index contributed by atoms with van der Waals surface area (Å²) in [7, 11) is -3.09. The van der Waals surface area contributed by atoms with Crippen molar-refractivity contribution < 1.29 is 8.42 Å². The van der Waals surface area contributed by atoms with Crippen LogP contribution in [0.3, 0.4) is 0 Å². The van der Waals surface area contributed by atoms with E-state index in [0.29, 0.717) is 25.0 Å². The Morgan fingerprint density at radius 1 is 1.30 bits per heavy atom. The van der Waals surface area contributed by atoms with E-state index in [2.05, 4.69) is 17.1 Å². The molecule has 1 aliphatic carbocycles. The van der Waals surface area contributed by atoms with E-state index < -0.39 is 10.0 Å². The van der Waals surface area contributed by atoms with Crippen LogP contribution in [0.5, 0.6) is 0 Å². The second-order valence-electron chi connectivity index (χ2n) is 6.87. The van der Waals surface area contributed by atoms with E-state index in [4.69, 9.17) is 4.99 Å². The quantitative estimate of drug-likeness (QED) is 0.432. The zero-order valence-corrected chi connectivity index (χ0v) is 15.7. The van der Waals surface area contributed by atoms with Crippen LogP contribution in [0, 0.1) is 5.41 Å². The maximum atomic E-state index is 11.6. The molecule has 1 saturated carbocycles. The van der Waals surface area contributed by atoms with Gasteiger partial charge in [-0.15, -0.1) is 0 Å². The summed E-state index contributed by atoms with van der Waals surface area (Å²) in [4.78, 5) is 7.10. The summed E-state index contributed by atoms with van der Waals surface area (Å²) in [6.45, 7) is 8.79. The third kappa shape index (κ3) is 4.83. The Bertz CT molecular complexity index is 514. The summed E-state index contributed by atoms with van der Waals surface area (Å²) in [5.74, 6) is 0.999. The van der Waals surface area contributed by atoms with Gasteiger partial charge in [0.05, 0.1) is 6.26 Å². The van der Waals surface area contributed by atoms with Gasteiger partial charge in [-0.05, 0) is 38.0 Å². The normalized spacial score (nSPS) is 21.0. The van der Waals surface area contributed by atoms with Gasteiger partial charge in [0.25, 0.3) is 0 Å². The molecule has 0 atom stereocenters. The van der Waals surface area contributed by atoms with Crippen molar-refractivity contribution in [3.8, 4) is 0 Å². The molecule has 23 heavy (non-hydrogen) atoms. The first kappa shape index (κ1) is 18.5. The van der Waals surface area contributed by atoms with Crippen molar-refractivity contribution in [1.82, 2.24) is 14.5 Å². The van der Waals surface area contributed by atoms with Crippen LogP contribution in [0.4, 0.5) is 0 Å². The Balaban J connectivity index is 1.84. The Morgan fingerprint density at radius 2 is 2.04 bits per heavy atom. The fraction of sp³-hybridized carbons (Fsp3) is 0.938. The summed E-state index contributed by atoms with van der Waals surface area (Å²) in [5.41, 5.74) is 0.561. The van der Waals surface area contributed by atoms with E-state index in [1.165, 1.54) is 36.2 Å². The number of hydrogen-bond donors (Lipinski definition) is 1. The van der Waals surface area contributed by atoms with E-state index in [0.717, 1.165) is 32.0 Å². The molecule has 0 aromatic heterocycles. The standard InChI is InChI=1S/C16H32N4O2S/c1-4-17-15(19-13-10-16(14-19)8-6-9-16)18-11-7-12-20(5-2)23(3,21)22/h4-14H2,1-3H3,(H,17,18). The zero-order chi connectivity index (χ0) is 16.9. The van der Waals surface area contributed by atoms with Crippen LogP contribution < -0.4 is 5.32 Å². The fourth-order valence-electron chi connectivity index (χ4n) is 3.62.